The zero-order valence-corrected chi connectivity index (χ0v) is 12.5. The Balaban J connectivity index is 1.72. The molecule has 2 N–H and O–H groups in total. The molecule has 4 aromatic rings. The molecule has 7 heteroatoms. The first kappa shape index (κ1) is 14.0. The van der Waals surface area contributed by atoms with Crippen molar-refractivity contribution in [3.8, 4) is 11.1 Å². The van der Waals surface area contributed by atoms with Crippen molar-refractivity contribution >= 4 is 22.6 Å². The first-order valence-electron chi connectivity index (χ1n) is 7.27. The van der Waals surface area contributed by atoms with Crippen molar-refractivity contribution in [1.82, 2.24) is 25.1 Å². The maximum Gasteiger partial charge on any atom is 0.277 e. The number of nitrogens with zero attached hydrogens (tertiary/aromatic N) is 4. The highest BCUT2D eigenvalue weighted by atomic mass is 16.2. The van der Waals surface area contributed by atoms with Gasteiger partial charge in [-0.25, -0.2) is 4.98 Å². The number of hydrogen-bond acceptors (Lipinski definition) is 5. The Bertz CT molecular complexity index is 997. The number of benzene rings is 1. The third-order valence-corrected chi connectivity index (χ3v) is 3.58. The van der Waals surface area contributed by atoms with E-state index in [0.717, 1.165) is 22.0 Å². The van der Waals surface area contributed by atoms with E-state index in [1.165, 1.54) is 12.4 Å². The van der Waals surface area contributed by atoms with E-state index in [0.29, 0.717) is 11.5 Å². The van der Waals surface area contributed by atoms with Crippen LogP contribution in [0.4, 0.5) is 5.82 Å². The smallest absolute Gasteiger partial charge is 0.277 e. The number of anilines is 1. The molecule has 0 unspecified atom stereocenters. The largest absolute Gasteiger partial charge is 0.304 e. The lowest BCUT2D eigenvalue weighted by Crippen LogP contribution is -2.13. The van der Waals surface area contributed by atoms with Gasteiger partial charge in [-0.2, -0.15) is 5.10 Å². The number of carbonyl (C=O) groups excluding carboxylic acids is 1. The quantitative estimate of drug-likeness (QED) is 0.605. The average Bonchev–Trinajstić information content (AvgIpc) is 3.06. The lowest BCUT2D eigenvalue weighted by molar-refractivity contribution is 0.102. The van der Waals surface area contributed by atoms with Crippen molar-refractivity contribution < 1.29 is 4.79 Å². The van der Waals surface area contributed by atoms with Gasteiger partial charge in [-0.3, -0.25) is 19.9 Å². The van der Waals surface area contributed by atoms with E-state index in [4.69, 9.17) is 0 Å². The van der Waals surface area contributed by atoms with Crippen molar-refractivity contribution in [2.24, 2.45) is 0 Å². The number of carbonyl (C=O) groups is 1. The van der Waals surface area contributed by atoms with Gasteiger partial charge in [0.2, 0.25) is 0 Å². The summed E-state index contributed by atoms with van der Waals surface area (Å²) in [6, 6.07) is 9.61. The summed E-state index contributed by atoms with van der Waals surface area (Å²) in [5, 5.41) is 10.4. The molecule has 0 bridgehead atoms. The van der Waals surface area contributed by atoms with Crippen LogP contribution in [0.25, 0.3) is 22.0 Å². The van der Waals surface area contributed by atoms with Gasteiger partial charge < -0.3 is 5.32 Å². The first-order chi connectivity index (χ1) is 11.8. The van der Waals surface area contributed by atoms with Crippen LogP contribution in [0.5, 0.6) is 0 Å². The number of amides is 1. The standard InChI is InChI=1S/C17H12N6O/c24-17(21-15-10-19-6-7-20-15)16-13-8-11(3-4-14(13)22-23-16)12-2-1-5-18-9-12/h1-10H,(H,22,23)(H,20,21,24). The fourth-order valence-corrected chi connectivity index (χ4v) is 2.44. The van der Waals surface area contributed by atoms with E-state index in [1.807, 2.05) is 30.3 Å². The molecular weight excluding hydrogens is 304 g/mol. The minimum atomic E-state index is -0.343. The van der Waals surface area contributed by atoms with E-state index in [1.54, 1.807) is 18.6 Å². The predicted octanol–water partition coefficient (Wildman–Crippen LogP) is 2.67. The molecule has 3 heterocycles. The topological polar surface area (TPSA) is 96.5 Å². The van der Waals surface area contributed by atoms with Gasteiger partial charge in [-0.1, -0.05) is 12.1 Å². The second-order valence-corrected chi connectivity index (χ2v) is 5.12. The maximum atomic E-state index is 12.5. The number of pyridine rings is 1. The molecule has 116 valence electrons. The summed E-state index contributed by atoms with van der Waals surface area (Å²) < 4.78 is 0. The van der Waals surface area contributed by atoms with Crippen molar-refractivity contribution in [2.75, 3.05) is 5.32 Å². The first-order valence-corrected chi connectivity index (χ1v) is 7.27. The number of hydrogen-bond donors (Lipinski definition) is 2. The highest BCUT2D eigenvalue weighted by Crippen LogP contribution is 2.25. The minimum Gasteiger partial charge on any atom is -0.304 e. The van der Waals surface area contributed by atoms with Gasteiger partial charge in [-0.15, -0.1) is 0 Å². The van der Waals surface area contributed by atoms with E-state index in [2.05, 4.69) is 30.5 Å². The van der Waals surface area contributed by atoms with Gasteiger partial charge in [-0.05, 0) is 23.8 Å². The molecule has 0 aliphatic rings. The SMILES string of the molecule is O=C(Nc1cnccn1)c1n[nH]c2ccc(-c3cccnc3)cc12. The fourth-order valence-electron chi connectivity index (χ4n) is 2.44. The second-order valence-electron chi connectivity index (χ2n) is 5.12. The Morgan fingerprint density at radius 3 is 2.71 bits per heavy atom. The van der Waals surface area contributed by atoms with Gasteiger partial charge in [0.15, 0.2) is 11.5 Å². The highest BCUT2D eigenvalue weighted by Gasteiger charge is 2.15. The molecule has 0 aliphatic heterocycles. The van der Waals surface area contributed by atoms with Crippen LogP contribution in [0.15, 0.2) is 61.3 Å². The van der Waals surface area contributed by atoms with Crippen molar-refractivity contribution in [2.45, 2.75) is 0 Å². The van der Waals surface area contributed by atoms with Gasteiger partial charge in [0.25, 0.3) is 5.91 Å². The van der Waals surface area contributed by atoms with Gasteiger partial charge in [0.05, 0.1) is 11.7 Å². The van der Waals surface area contributed by atoms with E-state index in [-0.39, 0.29) is 5.91 Å². The van der Waals surface area contributed by atoms with E-state index in [9.17, 15) is 4.79 Å². The molecule has 0 radical (unpaired) electrons. The normalized spacial score (nSPS) is 10.7. The molecule has 24 heavy (non-hydrogen) atoms. The lowest BCUT2D eigenvalue weighted by Gasteiger charge is -2.03. The molecule has 0 atom stereocenters. The Morgan fingerprint density at radius 2 is 1.92 bits per heavy atom. The van der Waals surface area contributed by atoms with E-state index >= 15 is 0 Å². The van der Waals surface area contributed by atoms with Gasteiger partial charge in [0.1, 0.15) is 0 Å². The Labute approximate surface area is 136 Å². The van der Waals surface area contributed by atoms with E-state index < -0.39 is 0 Å². The van der Waals surface area contributed by atoms with Crippen LogP contribution < -0.4 is 5.32 Å². The molecule has 1 amide bonds. The lowest BCUT2D eigenvalue weighted by atomic mass is 10.0. The summed E-state index contributed by atoms with van der Waals surface area (Å²) in [4.78, 5) is 24.5. The fraction of sp³-hybridized carbons (Fsp3) is 0. The molecule has 3 aromatic heterocycles. The van der Waals surface area contributed by atoms with Crippen LogP contribution in [0, 0.1) is 0 Å². The third kappa shape index (κ3) is 2.58. The van der Waals surface area contributed by atoms with Crippen LogP contribution >= 0.6 is 0 Å². The summed E-state index contributed by atoms with van der Waals surface area (Å²) in [6.07, 6.45) is 8.03. The summed E-state index contributed by atoms with van der Waals surface area (Å²) in [5.41, 5.74) is 3.03. The number of aromatic amines is 1. The van der Waals surface area contributed by atoms with Crippen LogP contribution in [0.2, 0.25) is 0 Å². The average molecular weight is 316 g/mol. The second kappa shape index (κ2) is 5.88. The zero-order chi connectivity index (χ0) is 16.4. The monoisotopic (exact) mass is 316 g/mol. The molecule has 1 aromatic carbocycles. The molecule has 7 nitrogen and oxygen atoms in total. The Kier molecular flexibility index (Phi) is 3.43. The molecule has 0 saturated heterocycles. The summed E-state index contributed by atoms with van der Waals surface area (Å²) in [6.45, 7) is 0. The van der Waals surface area contributed by atoms with Gasteiger partial charge >= 0.3 is 0 Å². The third-order valence-electron chi connectivity index (χ3n) is 3.58. The number of aromatic nitrogens is 5. The number of H-pyrrole nitrogens is 1. The maximum absolute atomic E-state index is 12.5. The Hall–Kier alpha value is -3.61. The summed E-state index contributed by atoms with van der Waals surface area (Å²) in [5.74, 6) is 0.0344. The van der Waals surface area contributed by atoms with Crippen LogP contribution in [0.3, 0.4) is 0 Å². The molecule has 0 spiro atoms. The minimum absolute atomic E-state index is 0.307. The zero-order valence-electron chi connectivity index (χ0n) is 12.5. The van der Waals surface area contributed by atoms with Gasteiger partial charge in [0, 0.05) is 35.7 Å². The van der Waals surface area contributed by atoms with Crippen molar-refractivity contribution in [1.29, 1.82) is 0 Å². The molecule has 0 saturated carbocycles. The molecule has 4 rings (SSSR count). The number of nitrogens with one attached hydrogen (secondary N) is 2. The summed E-state index contributed by atoms with van der Waals surface area (Å²) >= 11 is 0. The number of fused-ring (bicyclic) bond motifs is 1. The van der Waals surface area contributed by atoms with Crippen LogP contribution in [-0.4, -0.2) is 31.1 Å². The highest BCUT2D eigenvalue weighted by molar-refractivity contribution is 6.11. The van der Waals surface area contributed by atoms with Crippen molar-refractivity contribution in [3.05, 3.63) is 67.0 Å². The molecule has 0 aliphatic carbocycles. The molecular formula is C17H12N6O. The Morgan fingerprint density at radius 1 is 1.00 bits per heavy atom. The van der Waals surface area contributed by atoms with Crippen LogP contribution in [-0.2, 0) is 0 Å². The predicted molar refractivity (Wildman–Crippen MR) is 89.3 cm³/mol. The van der Waals surface area contributed by atoms with Crippen molar-refractivity contribution in [3.63, 3.8) is 0 Å². The molecule has 0 fully saturated rings. The summed E-state index contributed by atoms with van der Waals surface area (Å²) in [7, 11) is 0. The van der Waals surface area contributed by atoms with Crippen LogP contribution in [0.1, 0.15) is 10.5 Å². The number of rotatable bonds is 3.